The second kappa shape index (κ2) is 8.06. The minimum absolute atomic E-state index is 0.364. The highest BCUT2D eigenvalue weighted by Crippen LogP contribution is 2.20. The van der Waals surface area contributed by atoms with Crippen LogP contribution in [-0.2, 0) is 9.47 Å². The third-order valence-corrected chi connectivity index (χ3v) is 4.72. The van der Waals surface area contributed by atoms with Crippen LogP contribution in [0.15, 0.2) is 24.3 Å². The highest BCUT2D eigenvalue weighted by atomic mass is 16.5. The number of nitrogens with one attached hydrogen (secondary N) is 1. The molecule has 0 radical (unpaired) electrons. The molecule has 2 fully saturated rings. The molecule has 0 aromatic heterocycles. The van der Waals surface area contributed by atoms with E-state index in [9.17, 15) is 0 Å². The summed E-state index contributed by atoms with van der Waals surface area (Å²) < 4.78 is 11.2. The Bertz CT molecular complexity index is 454. The molecule has 0 amide bonds. The summed E-state index contributed by atoms with van der Waals surface area (Å²) in [4.78, 5) is 2.50. The van der Waals surface area contributed by atoms with Gasteiger partial charge in [0.05, 0.1) is 19.3 Å². The molecule has 2 aliphatic heterocycles. The lowest BCUT2D eigenvalue weighted by molar-refractivity contribution is 0.0321. The number of benzene rings is 1. The molecule has 4 nitrogen and oxygen atoms in total. The van der Waals surface area contributed by atoms with Gasteiger partial charge in [-0.05, 0) is 30.9 Å². The standard InChI is InChI=1S/C18H28N2O2/c1-15-5-2-3-7-17(15)18(14-20-8-11-21-12-9-20)19-13-16-6-4-10-22-16/h2-3,5,7,16,18-19H,4,6,8-14H2,1H3/t16-,18+/m1/s1. The van der Waals surface area contributed by atoms with Crippen LogP contribution in [0.4, 0.5) is 0 Å². The van der Waals surface area contributed by atoms with Crippen LogP contribution in [0.1, 0.15) is 30.0 Å². The molecule has 2 heterocycles. The Morgan fingerprint density at radius 1 is 1.23 bits per heavy atom. The van der Waals surface area contributed by atoms with Crippen LogP contribution in [0.25, 0.3) is 0 Å². The Balaban J connectivity index is 1.65. The van der Waals surface area contributed by atoms with Crippen molar-refractivity contribution in [3.63, 3.8) is 0 Å². The summed E-state index contributed by atoms with van der Waals surface area (Å²) in [6, 6.07) is 9.08. The SMILES string of the molecule is Cc1ccccc1[C@H](CN1CCOCC1)NC[C@H]1CCCO1. The van der Waals surface area contributed by atoms with Crippen molar-refractivity contribution in [3.05, 3.63) is 35.4 Å². The number of morpholine rings is 1. The normalized spacial score (nSPS) is 24.5. The van der Waals surface area contributed by atoms with E-state index in [2.05, 4.69) is 41.4 Å². The van der Waals surface area contributed by atoms with Gasteiger partial charge in [0.2, 0.25) is 0 Å². The van der Waals surface area contributed by atoms with Crippen LogP contribution in [0.2, 0.25) is 0 Å². The molecule has 122 valence electrons. The fraction of sp³-hybridized carbons (Fsp3) is 0.667. The lowest BCUT2D eigenvalue weighted by atomic mass is 10.00. The highest BCUT2D eigenvalue weighted by Gasteiger charge is 2.22. The van der Waals surface area contributed by atoms with Crippen molar-refractivity contribution in [2.75, 3.05) is 46.0 Å². The predicted octanol–water partition coefficient (Wildman–Crippen LogP) is 2.14. The Kier molecular flexibility index (Phi) is 5.84. The van der Waals surface area contributed by atoms with Crippen molar-refractivity contribution in [1.29, 1.82) is 0 Å². The number of ether oxygens (including phenoxy) is 2. The molecule has 4 heteroatoms. The minimum atomic E-state index is 0.364. The van der Waals surface area contributed by atoms with Gasteiger partial charge in [-0.15, -0.1) is 0 Å². The quantitative estimate of drug-likeness (QED) is 0.873. The van der Waals surface area contributed by atoms with E-state index in [-0.39, 0.29) is 0 Å². The van der Waals surface area contributed by atoms with Crippen molar-refractivity contribution in [3.8, 4) is 0 Å². The fourth-order valence-corrected chi connectivity index (χ4v) is 3.37. The van der Waals surface area contributed by atoms with E-state index in [4.69, 9.17) is 9.47 Å². The summed E-state index contributed by atoms with van der Waals surface area (Å²) in [7, 11) is 0. The fourth-order valence-electron chi connectivity index (χ4n) is 3.37. The number of nitrogens with zero attached hydrogens (tertiary/aromatic N) is 1. The largest absolute Gasteiger partial charge is 0.379 e. The lowest BCUT2D eigenvalue weighted by Gasteiger charge is -2.32. The molecule has 0 aliphatic carbocycles. The molecular weight excluding hydrogens is 276 g/mol. The third-order valence-electron chi connectivity index (χ3n) is 4.72. The van der Waals surface area contributed by atoms with E-state index in [0.717, 1.165) is 46.0 Å². The zero-order chi connectivity index (χ0) is 15.2. The second-order valence-corrected chi connectivity index (χ2v) is 6.37. The lowest BCUT2D eigenvalue weighted by Crippen LogP contribution is -2.43. The first kappa shape index (κ1) is 15.9. The zero-order valence-electron chi connectivity index (χ0n) is 13.6. The van der Waals surface area contributed by atoms with Gasteiger partial charge in [0, 0.05) is 38.8 Å². The summed E-state index contributed by atoms with van der Waals surface area (Å²) in [6.07, 6.45) is 2.77. The number of hydrogen-bond donors (Lipinski definition) is 1. The van der Waals surface area contributed by atoms with Crippen molar-refractivity contribution in [2.45, 2.75) is 31.9 Å². The van der Waals surface area contributed by atoms with Crippen LogP contribution >= 0.6 is 0 Å². The van der Waals surface area contributed by atoms with E-state index in [0.29, 0.717) is 12.1 Å². The molecule has 0 saturated carbocycles. The number of hydrogen-bond acceptors (Lipinski definition) is 4. The Morgan fingerprint density at radius 2 is 2.05 bits per heavy atom. The van der Waals surface area contributed by atoms with E-state index in [1.54, 1.807) is 0 Å². The predicted molar refractivity (Wildman–Crippen MR) is 88.2 cm³/mol. The highest BCUT2D eigenvalue weighted by molar-refractivity contribution is 5.29. The molecule has 0 bridgehead atoms. The summed E-state index contributed by atoms with van der Waals surface area (Å²) in [6.45, 7) is 8.89. The first-order chi connectivity index (χ1) is 10.8. The molecule has 0 spiro atoms. The second-order valence-electron chi connectivity index (χ2n) is 6.37. The smallest absolute Gasteiger partial charge is 0.0700 e. The van der Waals surface area contributed by atoms with Gasteiger partial charge in [0.1, 0.15) is 0 Å². The molecule has 2 atom stereocenters. The van der Waals surface area contributed by atoms with Gasteiger partial charge in [-0.3, -0.25) is 4.90 Å². The van der Waals surface area contributed by atoms with Crippen molar-refractivity contribution < 1.29 is 9.47 Å². The average molecular weight is 304 g/mol. The summed E-state index contributed by atoms with van der Waals surface area (Å²) in [5.74, 6) is 0. The Hall–Kier alpha value is -0.940. The van der Waals surface area contributed by atoms with Crippen molar-refractivity contribution >= 4 is 0 Å². The first-order valence-electron chi connectivity index (χ1n) is 8.53. The summed E-state index contributed by atoms with van der Waals surface area (Å²) >= 11 is 0. The molecular formula is C18H28N2O2. The average Bonchev–Trinajstić information content (AvgIpc) is 3.06. The number of rotatable bonds is 6. The Labute approximate surface area is 133 Å². The van der Waals surface area contributed by atoms with E-state index in [1.807, 2.05) is 0 Å². The molecule has 22 heavy (non-hydrogen) atoms. The molecule has 1 aromatic rings. The Morgan fingerprint density at radius 3 is 2.77 bits per heavy atom. The van der Waals surface area contributed by atoms with E-state index < -0.39 is 0 Å². The monoisotopic (exact) mass is 304 g/mol. The van der Waals surface area contributed by atoms with E-state index >= 15 is 0 Å². The van der Waals surface area contributed by atoms with Gasteiger partial charge in [-0.25, -0.2) is 0 Å². The molecule has 3 rings (SSSR count). The molecule has 1 N–H and O–H groups in total. The van der Waals surface area contributed by atoms with Gasteiger partial charge >= 0.3 is 0 Å². The maximum absolute atomic E-state index is 5.76. The van der Waals surface area contributed by atoms with Gasteiger partial charge in [-0.2, -0.15) is 0 Å². The van der Waals surface area contributed by atoms with Crippen molar-refractivity contribution in [1.82, 2.24) is 10.2 Å². The van der Waals surface area contributed by atoms with Gasteiger partial charge in [-0.1, -0.05) is 24.3 Å². The maximum atomic E-state index is 5.76. The molecule has 1 aromatic carbocycles. The van der Waals surface area contributed by atoms with Gasteiger partial charge < -0.3 is 14.8 Å². The number of aryl methyl sites for hydroxylation is 1. The van der Waals surface area contributed by atoms with Crippen LogP contribution in [-0.4, -0.2) is 57.0 Å². The van der Waals surface area contributed by atoms with Crippen LogP contribution in [0, 0.1) is 6.92 Å². The van der Waals surface area contributed by atoms with Crippen LogP contribution in [0.5, 0.6) is 0 Å². The third kappa shape index (κ3) is 4.29. The summed E-state index contributed by atoms with van der Waals surface area (Å²) in [5, 5.41) is 3.76. The topological polar surface area (TPSA) is 33.7 Å². The van der Waals surface area contributed by atoms with Gasteiger partial charge in [0.15, 0.2) is 0 Å². The molecule has 0 unspecified atom stereocenters. The zero-order valence-corrected chi connectivity index (χ0v) is 13.6. The minimum Gasteiger partial charge on any atom is -0.379 e. The van der Waals surface area contributed by atoms with Crippen LogP contribution < -0.4 is 5.32 Å². The maximum Gasteiger partial charge on any atom is 0.0700 e. The van der Waals surface area contributed by atoms with Crippen LogP contribution in [0.3, 0.4) is 0 Å². The molecule has 2 saturated heterocycles. The first-order valence-corrected chi connectivity index (χ1v) is 8.53. The van der Waals surface area contributed by atoms with Crippen molar-refractivity contribution in [2.24, 2.45) is 0 Å². The molecule has 2 aliphatic rings. The van der Waals surface area contributed by atoms with E-state index in [1.165, 1.54) is 24.0 Å². The van der Waals surface area contributed by atoms with Gasteiger partial charge in [0.25, 0.3) is 0 Å². The summed E-state index contributed by atoms with van der Waals surface area (Å²) in [5.41, 5.74) is 2.77.